The Morgan fingerprint density at radius 1 is 0.694 bits per heavy atom. The van der Waals surface area contributed by atoms with Crippen LogP contribution in [0.1, 0.15) is 83.2 Å². The number of amides is 2. The van der Waals surface area contributed by atoms with Gasteiger partial charge >= 0.3 is 11.9 Å². The van der Waals surface area contributed by atoms with Crippen molar-refractivity contribution in [3.63, 3.8) is 0 Å². The van der Waals surface area contributed by atoms with Crippen molar-refractivity contribution in [1.29, 1.82) is 0 Å². The fraction of sp³-hybridized carbons (Fsp3) is 0.367. The SMILES string of the molecule is CC.CC.CC.CC(C)C.O=C1c2ccccc2OC23N1c1ccccc1N2C(=O)c1cccc[n+]13. The number of nitrogens with zero attached hydrogens (tertiary/aromatic N) is 3. The fourth-order valence-corrected chi connectivity index (χ4v) is 4.08. The van der Waals surface area contributed by atoms with Gasteiger partial charge in [-0.05, 0) is 36.2 Å². The number of hydrogen-bond donors (Lipinski definition) is 0. The van der Waals surface area contributed by atoms with Gasteiger partial charge in [-0.15, -0.1) is 4.57 Å². The van der Waals surface area contributed by atoms with Gasteiger partial charge < -0.3 is 4.74 Å². The van der Waals surface area contributed by atoms with E-state index in [0.717, 1.165) is 5.92 Å². The average Bonchev–Trinajstić information content (AvgIpc) is 3.35. The van der Waals surface area contributed by atoms with E-state index in [4.69, 9.17) is 4.74 Å². The van der Waals surface area contributed by atoms with Crippen LogP contribution < -0.4 is 19.1 Å². The van der Waals surface area contributed by atoms with Gasteiger partial charge in [0.25, 0.3) is 11.6 Å². The maximum Gasteiger partial charge on any atom is 0.510 e. The number of carbonyl (C=O) groups excluding carboxylic acids is 2. The molecule has 1 unspecified atom stereocenters. The molecule has 3 aromatic rings. The molecule has 3 aliphatic rings. The summed E-state index contributed by atoms with van der Waals surface area (Å²) < 4.78 is 8.12. The minimum Gasteiger partial charge on any atom is -0.395 e. The maximum atomic E-state index is 13.4. The molecule has 0 N–H and O–H groups in total. The minimum atomic E-state index is -1.39. The molecule has 6 heteroatoms. The molecule has 0 radical (unpaired) electrons. The highest BCUT2D eigenvalue weighted by Gasteiger charge is 2.73. The maximum absolute atomic E-state index is 13.4. The smallest absolute Gasteiger partial charge is 0.395 e. The Balaban J connectivity index is 0.000000405. The molecule has 2 aromatic carbocycles. The summed E-state index contributed by atoms with van der Waals surface area (Å²) in [6.45, 7) is 18.5. The lowest BCUT2D eigenvalue weighted by molar-refractivity contribution is -0.788. The van der Waals surface area contributed by atoms with Gasteiger partial charge in [0.05, 0.1) is 16.9 Å². The van der Waals surface area contributed by atoms with Crippen LogP contribution in [0.3, 0.4) is 0 Å². The van der Waals surface area contributed by atoms with Crippen molar-refractivity contribution in [2.75, 3.05) is 9.80 Å². The van der Waals surface area contributed by atoms with E-state index in [1.54, 1.807) is 50.9 Å². The molecule has 1 atom stereocenters. The van der Waals surface area contributed by atoms with E-state index < -0.39 is 5.97 Å². The highest BCUT2D eigenvalue weighted by Crippen LogP contribution is 2.52. The molecule has 0 saturated carbocycles. The number of fused-ring (bicyclic) bond motifs is 5. The lowest BCUT2D eigenvalue weighted by Gasteiger charge is -2.36. The quantitative estimate of drug-likeness (QED) is 0.319. The average molecular weight is 491 g/mol. The first kappa shape index (κ1) is 28.6. The zero-order valence-electron chi connectivity index (χ0n) is 23.1. The first-order valence-corrected chi connectivity index (χ1v) is 13.0. The largest absolute Gasteiger partial charge is 0.510 e. The molecule has 4 heterocycles. The molecular weight excluding hydrogens is 450 g/mol. The van der Waals surface area contributed by atoms with E-state index in [1.807, 2.05) is 77.9 Å². The van der Waals surface area contributed by atoms with Crippen LogP contribution in [-0.4, -0.2) is 11.8 Å². The van der Waals surface area contributed by atoms with Crippen LogP contribution in [0.25, 0.3) is 0 Å². The fourth-order valence-electron chi connectivity index (χ4n) is 4.08. The van der Waals surface area contributed by atoms with Crippen molar-refractivity contribution in [1.82, 2.24) is 0 Å². The molecule has 1 spiro atoms. The summed E-state index contributed by atoms with van der Waals surface area (Å²) in [7, 11) is 0. The second-order valence-corrected chi connectivity index (χ2v) is 8.13. The van der Waals surface area contributed by atoms with Crippen molar-refractivity contribution in [2.45, 2.75) is 68.3 Å². The molecule has 6 rings (SSSR count). The Morgan fingerprint density at radius 2 is 1.17 bits per heavy atom. The summed E-state index contributed by atoms with van der Waals surface area (Å²) in [6.07, 6.45) is 1.77. The number of hydrogen-bond acceptors (Lipinski definition) is 3. The molecule has 1 aromatic heterocycles. The third-order valence-corrected chi connectivity index (χ3v) is 5.11. The summed E-state index contributed by atoms with van der Waals surface area (Å²) in [5, 5.41) is 0. The highest BCUT2D eigenvalue weighted by molar-refractivity contribution is 6.18. The van der Waals surface area contributed by atoms with Gasteiger partial charge in [0.2, 0.25) is 0 Å². The van der Waals surface area contributed by atoms with Gasteiger partial charge in [0.15, 0.2) is 6.20 Å². The zero-order chi connectivity index (χ0) is 27.0. The van der Waals surface area contributed by atoms with Gasteiger partial charge in [0, 0.05) is 12.1 Å². The first-order valence-electron chi connectivity index (χ1n) is 13.0. The zero-order valence-corrected chi connectivity index (χ0v) is 23.1. The number of rotatable bonds is 0. The minimum absolute atomic E-state index is 0.196. The molecule has 36 heavy (non-hydrogen) atoms. The Morgan fingerprint density at radius 3 is 1.75 bits per heavy atom. The van der Waals surface area contributed by atoms with Crippen LogP contribution >= 0.6 is 0 Å². The lowest BCUT2D eigenvalue weighted by Crippen LogP contribution is -2.74. The topological polar surface area (TPSA) is 53.7 Å². The standard InChI is InChI=1S/C20H12N3O3.C4H10.3C2H6/c24-18-13-7-1-4-11-17(13)26-20-21-12-6-5-10-16(21)19(25)23(20)15-9-3-2-8-14(15)22(18)20;1-4(2)3;3*1-2/h1-12H;4H,1-3H3;3*1-2H3/q+1;;;;. The van der Waals surface area contributed by atoms with Crippen molar-refractivity contribution in [2.24, 2.45) is 5.92 Å². The Hall–Kier alpha value is -3.67. The van der Waals surface area contributed by atoms with Crippen LogP contribution in [0.5, 0.6) is 5.75 Å². The van der Waals surface area contributed by atoms with Crippen LogP contribution in [-0.2, 0) is 5.97 Å². The predicted molar refractivity (Wildman–Crippen MR) is 146 cm³/mol. The number of carbonyl (C=O) groups is 2. The van der Waals surface area contributed by atoms with Gasteiger partial charge in [-0.2, -0.15) is 9.80 Å². The van der Waals surface area contributed by atoms with Crippen molar-refractivity contribution >= 4 is 23.2 Å². The molecule has 2 amide bonds. The van der Waals surface area contributed by atoms with Gasteiger partial charge in [-0.1, -0.05) is 86.6 Å². The van der Waals surface area contributed by atoms with Crippen molar-refractivity contribution in [3.05, 3.63) is 84.2 Å². The molecule has 3 aliphatic heterocycles. The Bertz CT molecular complexity index is 1190. The predicted octanol–water partition coefficient (Wildman–Crippen LogP) is 7.00. The van der Waals surface area contributed by atoms with E-state index in [9.17, 15) is 9.59 Å². The monoisotopic (exact) mass is 490 g/mol. The summed E-state index contributed by atoms with van der Waals surface area (Å²) in [5.41, 5.74) is 2.26. The number of anilines is 2. The highest BCUT2D eigenvalue weighted by atomic mass is 16.6. The Kier molecular flexibility index (Phi) is 9.79. The van der Waals surface area contributed by atoms with Gasteiger partial charge in [0.1, 0.15) is 5.75 Å². The molecule has 192 valence electrons. The Labute approximate surface area is 216 Å². The molecule has 0 bridgehead atoms. The van der Waals surface area contributed by atoms with Gasteiger partial charge in [-0.3, -0.25) is 9.59 Å². The summed E-state index contributed by atoms with van der Waals surface area (Å²) in [4.78, 5) is 29.7. The molecule has 0 saturated heterocycles. The lowest BCUT2D eigenvalue weighted by atomic mass is 10.1. The van der Waals surface area contributed by atoms with Crippen molar-refractivity contribution < 1.29 is 18.9 Å². The number of pyridine rings is 1. The third kappa shape index (κ3) is 4.48. The number of para-hydroxylation sites is 3. The number of aromatic nitrogens is 1. The number of benzene rings is 2. The molecular formula is C30H40N3O3+. The summed E-state index contributed by atoms with van der Waals surface area (Å²) >= 11 is 0. The van der Waals surface area contributed by atoms with E-state index in [1.165, 1.54) is 0 Å². The van der Waals surface area contributed by atoms with Crippen molar-refractivity contribution in [3.8, 4) is 5.75 Å². The molecule has 0 fully saturated rings. The van der Waals surface area contributed by atoms with Gasteiger partial charge in [-0.25, -0.2) is 0 Å². The van der Waals surface area contributed by atoms with E-state index in [2.05, 4.69) is 20.8 Å². The van der Waals surface area contributed by atoms with Crippen LogP contribution in [0.4, 0.5) is 11.4 Å². The molecule has 6 nitrogen and oxygen atoms in total. The first-order chi connectivity index (χ1) is 17.5. The van der Waals surface area contributed by atoms with E-state index in [0.29, 0.717) is 28.4 Å². The van der Waals surface area contributed by atoms with Crippen LogP contribution in [0.2, 0.25) is 0 Å². The van der Waals surface area contributed by atoms with E-state index in [-0.39, 0.29) is 11.8 Å². The molecule has 0 aliphatic carbocycles. The van der Waals surface area contributed by atoms with E-state index >= 15 is 0 Å². The second-order valence-electron chi connectivity index (χ2n) is 8.13. The third-order valence-electron chi connectivity index (χ3n) is 5.11. The summed E-state index contributed by atoms with van der Waals surface area (Å²) in [6, 6.07) is 19.9. The van der Waals surface area contributed by atoms with Crippen LogP contribution in [0.15, 0.2) is 72.9 Å². The van der Waals surface area contributed by atoms with Crippen LogP contribution in [0, 0.1) is 5.92 Å². The second kappa shape index (κ2) is 12.3. The normalized spacial score (nSPS) is 17.1. The number of ether oxygens (including phenoxy) is 1. The summed E-state index contributed by atoms with van der Waals surface area (Å²) in [5.74, 6) is -0.488.